The molecule has 3 atom stereocenters. The van der Waals surface area contributed by atoms with E-state index >= 15 is 0 Å². The highest BCUT2D eigenvalue weighted by atomic mass is 16.6. The normalized spacial score (nSPS) is 16.4. The van der Waals surface area contributed by atoms with E-state index in [0.29, 0.717) is 62.0 Å². The van der Waals surface area contributed by atoms with Gasteiger partial charge in [0.05, 0.1) is 93.0 Å². The van der Waals surface area contributed by atoms with Crippen LogP contribution in [0.3, 0.4) is 0 Å². The van der Waals surface area contributed by atoms with Crippen molar-refractivity contribution in [2.24, 2.45) is 5.41 Å². The Morgan fingerprint density at radius 2 is 0.644 bits per heavy atom. The molecule has 0 saturated carbocycles. The first-order valence-electron chi connectivity index (χ1n) is 50.1. The highest BCUT2D eigenvalue weighted by Gasteiger charge is 2.49. The van der Waals surface area contributed by atoms with Crippen LogP contribution in [0.15, 0.2) is 105 Å². The first kappa shape index (κ1) is 106. The molecule has 9 heterocycles. The SMILES string of the molecule is CCc1c2c(cc3ccc(OC(=O)CNC(=O)CCCC(=O)NCCOCC(CCCCCCC(=O)NC)(COCCNC(=O)CCCC(=O)NCC(=O)Oc4ccc5cc6c(c(CC)c5c4)Cn4c-6cc5c(c4=O)COC(=O)[C@]5(O)CC)COCCNC(=O)CCCC(=O)NCC(=O)Oc4ccc5cc6c(c(CC)c5c4)Cn4c-6cc5c(c4=O)COC(=O)[C@]5(O)CC)cc13)-c1cc3c(c(=O)n1C2)COC(=O)[C@]3(O)CC. The van der Waals surface area contributed by atoms with Crippen molar-refractivity contribution >= 4 is 109 Å². The van der Waals surface area contributed by atoms with Crippen LogP contribution in [0, 0.1) is 5.41 Å². The third-order valence-corrected chi connectivity index (χ3v) is 28.5. The molecular formula is C108H124N10O28. The lowest BCUT2D eigenvalue weighted by molar-refractivity contribution is -0.172. The summed E-state index contributed by atoms with van der Waals surface area (Å²) in [6.07, 6.45) is 5.26. The molecule has 6 aliphatic rings. The predicted molar refractivity (Wildman–Crippen MR) is 531 cm³/mol. The minimum Gasteiger partial charge on any atom is -0.458 e. The Balaban J connectivity index is 0.510. The highest BCUT2D eigenvalue weighted by molar-refractivity contribution is 5.99. The molecule has 38 heteroatoms. The second-order valence-electron chi connectivity index (χ2n) is 37.8. The number of hydrogen-bond donors (Lipinski definition) is 10. The number of hydrogen-bond acceptors (Lipinski definition) is 28. The molecule has 0 unspecified atom stereocenters. The monoisotopic (exact) mass is 2010 g/mol. The number of nitrogens with one attached hydrogen (secondary N) is 7. The molecule has 3 aromatic heterocycles. The van der Waals surface area contributed by atoms with Gasteiger partial charge in [-0.25, -0.2) is 28.8 Å². The molecule has 6 aromatic carbocycles. The number of rotatable bonds is 49. The Bertz CT molecular complexity index is 6280. The van der Waals surface area contributed by atoms with Gasteiger partial charge >= 0.3 is 35.8 Å². The number of ether oxygens (including phenoxy) is 9. The van der Waals surface area contributed by atoms with Crippen LogP contribution < -0.4 is 68.1 Å². The molecular weight excluding hydrogens is 1890 g/mol. The molecule has 15 rings (SSSR count). The van der Waals surface area contributed by atoms with Crippen LogP contribution in [0.4, 0.5) is 0 Å². The number of fused-ring (bicyclic) bond motifs is 15. The Hall–Kier alpha value is -14.2. The molecule has 0 saturated heterocycles. The highest BCUT2D eigenvalue weighted by Crippen LogP contribution is 2.48. The van der Waals surface area contributed by atoms with Gasteiger partial charge in [0, 0.05) is 110 Å². The molecule has 0 bridgehead atoms. The zero-order valence-electron chi connectivity index (χ0n) is 83.1. The number of aryl methyl sites for hydroxylation is 3. The number of benzene rings is 6. The number of amides is 7. The second-order valence-corrected chi connectivity index (χ2v) is 37.8. The van der Waals surface area contributed by atoms with E-state index in [0.717, 1.165) is 95.2 Å². The van der Waals surface area contributed by atoms with Gasteiger partial charge in [-0.3, -0.25) is 47.9 Å². The summed E-state index contributed by atoms with van der Waals surface area (Å²) in [4.78, 5) is 211. The smallest absolute Gasteiger partial charge is 0.343 e. The predicted octanol–water partition coefficient (Wildman–Crippen LogP) is 7.82. The van der Waals surface area contributed by atoms with Gasteiger partial charge in [-0.15, -0.1) is 0 Å². The molecule has 7 amide bonds. The van der Waals surface area contributed by atoms with Gasteiger partial charge in [0.25, 0.3) is 16.7 Å². The lowest BCUT2D eigenvalue weighted by Gasteiger charge is -2.33. The number of carbonyl (C=O) groups is 13. The van der Waals surface area contributed by atoms with Crippen LogP contribution in [-0.4, -0.2) is 192 Å². The molecule has 9 aromatic rings. The molecule has 0 fully saturated rings. The van der Waals surface area contributed by atoms with Crippen molar-refractivity contribution < 1.29 is 120 Å². The number of carbonyl (C=O) groups excluding carboxylic acids is 13. The number of pyridine rings is 3. The summed E-state index contributed by atoms with van der Waals surface area (Å²) in [7, 11) is 1.57. The fraction of sp³-hybridized carbons (Fsp3) is 0.463. The van der Waals surface area contributed by atoms with Crippen molar-refractivity contribution in [3.8, 4) is 51.0 Å². The lowest BCUT2D eigenvalue weighted by atomic mass is 9.84. The number of esters is 6. The molecule has 774 valence electrons. The fourth-order valence-electron chi connectivity index (χ4n) is 20.4. The van der Waals surface area contributed by atoms with Crippen molar-refractivity contribution in [3.63, 3.8) is 0 Å². The first-order chi connectivity index (χ1) is 70.2. The quantitative estimate of drug-likeness (QED) is 0.00751. The van der Waals surface area contributed by atoms with Gasteiger partial charge in [-0.1, -0.05) is 79.0 Å². The van der Waals surface area contributed by atoms with Crippen molar-refractivity contribution in [2.45, 2.75) is 233 Å². The molecule has 38 nitrogen and oxygen atoms in total. The van der Waals surface area contributed by atoms with Crippen molar-refractivity contribution in [2.75, 3.05) is 86.0 Å². The summed E-state index contributed by atoms with van der Waals surface area (Å²) >= 11 is 0. The lowest BCUT2D eigenvalue weighted by Crippen LogP contribution is -2.44. The van der Waals surface area contributed by atoms with E-state index in [9.17, 15) is 92.0 Å². The number of cyclic esters (lactones) is 3. The Morgan fingerprint density at radius 3 is 0.932 bits per heavy atom. The van der Waals surface area contributed by atoms with Crippen molar-refractivity contribution in [3.05, 3.63) is 189 Å². The van der Waals surface area contributed by atoms with Crippen LogP contribution in [0.5, 0.6) is 17.2 Å². The maximum Gasteiger partial charge on any atom is 0.343 e. The summed E-state index contributed by atoms with van der Waals surface area (Å²) < 4.78 is 56.6. The third kappa shape index (κ3) is 22.9. The minimum atomic E-state index is -1.96. The average Bonchev–Trinajstić information content (AvgIpc) is 1.52. The van der Waals surface area contributed by atoms with E-state index < -0.39 is 95.4 Å². The summed E-state index contributed by atoms with van der Waals surface area (Å²) in [5, 5.41) is 57.7. The Kier molecular flexibility index (Phi) is 33.8. The topological polar surface area (TPSA) is 516 Å². The average molecular weight is 2010 g/mol. The van der Waals surface area contributed by atoms with Crippen LogP contribution in [0.25, 0.3) is 66.1 Å². The van der Waals surface area contributed by atoms with E-state index in [1.54, 1.807) is 114 Å². The standard InChI is InChI=1S/C108H124N10O28/c1-8-68-71-44-65(31-28-62(71)41-74-77(68)53-116-86(74)47-83-80(99(116)129)56-141-102(132)106(83,135)11-4)144-96(126)50-113-93(123)25-18-22-90(120)110-35-38-138-59-105(34-17-15-14-16-21-89(119)109-7,60-139-39-36-111-91(121)23-19-26-94(124)114-51-97(127)145-66-32-29-63-42-75-78(69(9-2)72(63)45-66)54-117-87(75)48-84-81(100(117)130)57-142-103(133)107(84,136)12-5)61-140-40-37-112-92(122)24-20-27-95(125)115-52-98(128)146-67-33-30-64-43-76-79(70(10-3)73(64)46-67)55-118-88(76)49-85-82(101(118)131)58-143-104(134)108(85,137)13-6/h28-33,41-49,135-137H,8-27,34-40,50-61H2,1-7H3,(H,109,119)(H,110,120)(H,111,121)(H,112,122)(H,113,123)(H,114,124)(H,115,125)/t106-,107-,108-/m0/s1. The van der Waals surface area contributed by atoms with Gasteiger partial charge < -0.3 is 109 Å². The molecule has 0 aliphatic carbocycles. The van der Waals surface area contributed by atoms with Gasteiger partial charge in [-0.05, 0) is 209 Å². The number of aliphatic hydroxyl groups is 3. The fourth-order valence-corrected chi connectivity index (χ4v) is 20.4. The zero-order chi connectivity index (χ0) is 104. The number of unbranched alkanes of at least 4 members (excludes halogenated alkanes) is 3. The van der Waals surface area contributed by atoms with E-state index in [4.69, 9.17) is 42.6 Å². The number of aromatic nitrogens is 3. The Labute approximate surface area is 840 Å². The summed E-state index contributed by atoms with van der Waals surface area (Å²) in [6, 6.07) is 26.3. The molecule has 0 spiro atoms. The van der Waals surface area contributed by atoms with Crippen LogP contribution >= 0.6 is 0 Å². The third-order valence-electron chi connectivity index (χ3n) is 28.5. The largest absolute Gasteiger partial charge is 0.458 e. The minimum absolute atomic E-state index is 0.0144. The van der Waals surface area contributed by atoms with Gasteiger partial charge in [-0.2, -0.15) is 0 Å². The van der Waals surface area contributed by atoms with Gasteiger partial charge in [0.1, 0.15) is 56.7 Å². The molecule has 6 aliphatic heterocycles. The molecule has 10 N–H and O–H groups in total. The van der Waals surface area contributed by atoms with Crippen LogP contribution in [0.2, 0.25) is 0 Å². The van der Waals surface area contributed by atoms with E-state index in [1.165, 1.54) is 0 Å². The molecule has 146 heavy (non-hydrogen) atoms. The molecule has 0 radical (unpaired) electrons. The maximum absolute atomic E-state index is 13.9. The van der Waals surface area contributed by atoms with Crippen LogP contribution in [0.1, 0.15) is 224 Å². The van der Waals surface area contributed by atoms with E-state index in [2.05, 4.69) is 37.2 Å². The van der Waals surface area contributed by atoms with Crippen molar-refractivity contribution in [1.29, 1.82) is 0 Å². The van der Waals surface area contributed by atoms with Gasteiger partial charge in [0.2, 0.25) is 41.4 Å². The van der Waals surface area contributed by atoms with Crippen LogP contribution in [-0.2, 0) is 166 Å². The maximum atomic E-state index is 13.9. The summed E-state index contributed by atoms with van der Waals surface area (Å²) in [5.74, 6) is -6.65. The zero-order valence-corrected chi connectivity index (χ0v) is 83.1. The first-order valence-corrected chi connectivity index (χ1v) is 50.1. The summed E-state index contributed by atoms with van der Waals surface area (Å²) in [5.41, 5.74) is 2.96. The van der Waals surface area contributed by atoms with Gasteiger partial charge in [0.15, 0.2) is 16.8 Å². The second kappa shape index (κ2) is 46.5. The van der Waals surface area contributed by atoms with E-state index in [-0.39, 0.29) is 267 Å². The van der Waals surface area contributed by atoms with Crippen molar-refractivity contribution in [1.82, 2.24) is 50.9 Å². The number of nitrogens with zero attached hydrogens (tertiary/aromatic N) is 3. The van der Waals surface area contributed by atoms with E-state index in [1.807, 2.05) is 39.0 Å². The Morgan fingerprint density at radius 1 is 0.356 bits per heavy atom. The summed E-state index contributed by atoms with van der Waals surface area (Å²) in [6.45, 7) is 9.89.